The minimum absolute atomic E-state index is 0.104. The van der Waals surface area contributed by atoms with Crippen LogP contribution in [0.4, 0.5) is 0 Å². The van der Waals surface area contributed by atoms with Crippen molar-refractivity contribution in [3.05, 3.63) is 0 Å². The van der Waals surface area contributed by atoms with Gasteiger partial charge in [0.2, 0.25) is 0 Å². The Bertz CT molecular complexity index is 141. The Morgan fingerprint density at radius 1 is 1.67 bits per heavy atom. The van der Waals surface area contributed by atoms with E-state index in [4.69, 9.17) is 0 Å². The highest BCUT2D eigenvalue weighted by atomic mass is 16.5. The zero-order chi connectivity index (χ0) is 8.81. The van der Waals surface area contributed by atoms with Gasteiger partial charge in [0.25, 0.3) is 0 Å². The average molecular weight is 170 g/mol. The lowest BCUT2D eigenvalue weighted by molar-refractivity contribution is -0.140. The van der Waals surface area contributed by atoms with E-state index in [1.165, 1.54) is 20.0 Å². The first-order valence-corrected chi connectivity index (χ1v) is 4.56. The van der Waals surface area contributed by atoms with Gasteiger partial charge in [-0.15, -0.1) is 0 Å². The van der Waals surface area contributed by atoms with Gasteiger partial charge in [-0.25, -0.2) is 5.32 Å². The molecule has 0 aromatic carbocycles. The van der Waals surface area contributed by atoms with Gasteiger partial charge in [-0.3, -0.25) is 4.79 Å². The van der Waals surface area contributed by atoms with E-state index < -0.39 is 0 Å². The molecule has 1 atom stereocenters. The molecule has 3 nitrogen and oxygen atoms in total. The molecule has 1 radical (unpaired) electrons. The predicted molar refractivity (Wildman–Crippen MR) is 45.9 cm³/mol. The summed E-state index contributed by atoms with van der Waals surface area (Å²) < 4.78 is 4.55. The summed E-state index contributed by atoms with van der Waals surface area (Å²) in [5.41, 5.74) is 0. The van der Waals surface area contributed by atoms with Gasteiger partial charge in [0.15, 0.2) is 0 Å². The standard InChI is InChI=1S/C9H16NO2/c1-12-9(11)6-2-4-8-5-3-7-10-8/h8H,2-7H2,1H3. The highest BCUT2D eigenvalue weighted by Crippen LogP contribution is 2.13. The van der Waals surface area contributed by atoms with Crippen LogP contribution in [-0.4, -0.2) is 25.7 Å². The summed E-state index contributed by atoms with van der Waals surface area (Å²) in [5, 5.41) is 4.41. The van der Waals surface area contributed by atoms with E-state index in [-0.39, 0.29) is 5.97 Å². The number of hydrogen-bond donors (Lipinski definition) is 0. The molecule has 1 rings (SSSR count). The number of esters is 1. The number of hydrogen-bond acceptors (Lipinski definition) is 2. The van der Waals surface area contributed by atoms with Crippen molar-refractivity contribution in [3.8, 4) is 0 Å². The van der Waals surface area contributed by atoms with E-state index in [1.54, 1.807) is 0 Å². The summed E-state index contributed by atoms with van der Waals surface area (Å²) in [4.78, 5) is 10.7. The Balaban J connectivity index is 1.97. The second kappa shape index (κ2) is 5.14. The fourth-order valence-electron chi connectivity index (χ4n) is 1.51. The molecule has 1 aliphatic heterocycles. The first-order valence-electron chi connectivity index (χ1n) is 4.56. The van der Waals surface area contributed by atoms with Crippen molar-refractivity contribution in [1.82, 2.24) is 5.32 Å². The summed E-state index contributed by atoms with van der Waals surface area (Å²) in [6, 6.07) is 0.523. The maximum absolute atomic E-state index is 10.7. The van der Waals surface area contributed by atoms with E-state index in [0.717, 1.165) is 19.4 Å². The minimum atomic E-state index is -0.104. The van der Waals surface area contributed by atoms with Crippen LogP contribution in [0, 0.1) is 0 Å². The first-order chi connectivity index (χ1) is 5.83. The van der Waals surface area contributed by atoms with Crippen molar-refractivity contribution in [1.29, 1.82) is 0 Å². The zero-order valence-electron chi connectivity index (χ0n) is 7.58. The van der Waals surface area contributed by atoms with Crippen molar-refractivity contribution in [2.75, 3.05) is 13.7 Å². The van der Waals surface area contributed by atoms with Crippen molar-refractivity contribution < 1.29 is 9.53 Å². The summed E-state index contributed by atoms with van der Waals surface area (Å²) in [5.74, 6) is -0.104. The Morgan fingerprint density at radius 3 is 3.08 bits per heavy atom. The lowest BCUT2D eigenvalue weighted by atomic mass is 10.1. The molecule has 0 N–H and O–H groups in total. The van der Waals surface area contributed by atoms with Crippen LogP contribution in [0.15, 0.2) is 0 Å². The Kier molecular flexibility index (Phi) is 4.08. The Hall–Kier alpha value is -0.570. The summed E-state index contributed by atoms with van der Waals surface area (Å²) in [6.07, 6.45) is 4.95. The van der Waals surface area contributed by atoms with Crippen molar-refractivity contribution >= 4 is 5.97 Å². The van der Waals surface area contributed by atoms with Crippen LogP contribution in [0.1, 0.15) is 32.1 Å². The van der Waals surface area contributed by atoms with Crippen LogP contribution >= 0.6 is 0 Å². The largest absolute Gasteiger partial charge is 0.469 e. The van der Waals surface area contributed by atoms with Gasteiger partial charge in [-0.1, -0.05) is 0 Å². The molecule has 0 aromatic rings. The summed E-state index contributed by atoms with van der Waals surface area (Å²) in [7, 11) is 1.43. The molecule has 1 heterocycles. The van der Waals surface area contributed by atoms with Crippen LogP contribution in [0.5, 0.6) is 0 Å². The molecule has 1 unspecified atom stereocenters. The fraction of sp³-hybridized carbons (Fsp3) is 0.889. The molecule has 0 aromatic heterocycles. The maximum atomic E-state index is 10.7. The highest BCUT2D eigenvalue weighted by molar-refractivity contribution is 5.68. The van der Waals surface area contributed by atoms with Gasteiger partial charge in [0, 0.05) is 19.0 Å². The van der Waals surface area contributed by atoms with Crippen molar-refractivity contribution in [2.24, 2.45) is 0 Å². The normalized spacial score (nSPS) is 22.6. The molecule has 1 aliphatic rings. The van der Waals surface area contributed by atoms with Crippen LogP contribution in [0.25, 0.3) is 0 Å². The minimum Gasteiger partial charge on any atom is -0.469 e. The van der Waals surface area contributed by atoms with Crippen LogP contribution in [-0.2, 0) is 9.53 Å². The van der Waals surface area contributed by atoms with E-state index >= 15 is 0 Å². The molecule has 0 saturated carbocycles. The number of carbonyl (C=O) groups excluding carboxylic acids is 1. The lowest BCUT2D eigenvalue weighted by Gasteiger charge is -2.06. The van der Waals surface area contributed by atoms with E-state index in [2.05, 4.69) is 10.1 Å². The van der Waals surface area contributed by atoms with Crippen molar-refractivity contribution in [2.45, 2.75) is 38.1 Å². The molecule has 0 amide bonds. The van der Waals surface area contributed by atoms with Gasteiger partial charge in [-0.2, -0.15) is 0 Å². The second-order valence-electron chi connectivity index (χ2n) is 3.17. The van der Waals surface area contributed by atoms with Crippen LogP contribution in [0.3, 0.4) is 0 Å². The van der Waals surface area contributed by atoms with E-state index in [9.17, 15) is 4.79 Å². The number of carbonyl (C=O) groups is 1. The van der Waals surface area contributed by atoms with Crippen LogP contribution in [0.2, 0.25) is 0 Å². The number of nitrogens with zero attached hydrogens (tertiary/aromatic N) is 1. The zero-order valence-corrected chi connectivity index (χ0v) is 7.58. The monoisotopic (exact) mass is 170 g/mol. The van der Waals surface area contributed by atoms with Gasteiger partial charge in [-0.05, 0) is 25.7 Å². The Labute approximate surface area is 73.5 Å². The molecule has 0 spiro atoms. The predicted octanol–water partition coefficient (Wildman–Crippen LogP) is 1.10. The van der Waals surface area contributed by atoms with Crippen LogP contribution < -0.4 is 5.32 Å². The lowest BCUT2D eigenvalue weighted by Crippen LogP contribution is -2.14. The topological polar surface area (TPSA) is 40.4 Å². The summed E-state index contributed by atoms with van der Waals surface area (Å²) >= 11 is 0. The number of ether oxygens (including phenoxy) is 1. The molecule has 3 heteroatoms. The Morgan fingerprint density at radius 2 is 2.50 bits per heavy atom. The highest BCUT2D eigenvalue weighted by Gasteiger charge is 2.15. The molecule has 1 saturated heterocycles. The van der Waals surface area contributed by atoms with Gasteiger partial charge in [0.1, 0.15) is 0 Å². The molecular weight excluding hydrogens is 154 g/mol. The van der Waals surface area contributed by atoms with E-state index in [1.807, 2.05) is 0 Å². The number of rotatable bonds is 4. The molecular formula is C9H16NO2. The summed E-state index contributed by atoms with van der Waals surface area (Å²) in [6.45, 7) is 1.02. The third kappa shape index (κ3) is 3.22. The average Bonchev–Trinajstić information content (AvgIpc) is 2.57. The molecule has 0 aliphatic carbocycles. The van der Waals surface area contributed by atoms with Crippen molar-refractivity contribution in [3.63, 3.8) is 0 Å². The molecule has 69 valence electrons. The van der Waals surface area contributed by atoms with Gasteiger partial charge in [0.05, 0.1) is 7.11 Å². The number of methoxy groups -OCH3 is 1. The van der Waals surface area contributed by atoms with Gasteiger partial charge >= 0.3 is 5.97 Å². The SMILES string of the molecule is COC(=O)CCCC1CCC[N]1. The smallest absolute Gasteiger partial charge is 0.305 e. The maximum Gasteiger partial charge on any atom is 0.305 e. The molecule has 0 bridgehead atoms. The quantitative estimate of drug-likeness (QED) is 0.593. The fourth-order valence-corrected chi connectivity index (χ4v) is 1.51. The second-order valence-corrected chi connectivity index (χ2v) is 3.17. The third-order valence-corrected chi connectivity index (χ3v) is 2.23. The molecule has 12 heavy (non-hydrogen) atoms. The third-order valence-electron chi connectivity index (χ3n) is 2.23. The molecule has 1 fully saturated rings. The van der Waals surface area contributed by atoms with Gasteiger partial charge < -0.3 is 4.74 Å². The van der Waals surface area contributed by atoms with E-state index in [0.29, 0.717) is 12.5 Å². The first kappa shape index (κ1) is 9.52.